The zero-order valence-electron chi connectivity index (χ0n) is 11.8. The molecule has 2 aromatic carbocycles. The van der Waals surface area contributed by atoms with E-state index in [1.807, 2.05) is 24.4 Å². The Morgan fingerprint density at radius 1 is 0.773 bits per heavy atom. The maximum Gasteiger partial charge on any atom is 0.115 e. The predicted octanol–water partition coefficient (Wildman–Crippen LogP) is 4.60. The van der Waals surface area contributed by atoms with Gasteiger partial charge in [-0.05, 0) is 41.0 Å². The van der Waals surface area contributed by atoms with Crippen LogP contribution in [0.15, 0.2) is 73.1 Å². The molecule has 106 valence electrons. The number of aromatic hydroxyl groups is 1. The smallest absolute Gasteiger partial charge is 0.115 e. The van der Waals surface area contributed by atoms with Gasteiger partial charge in [-0.1, -0.05) is 36.4 Å². The highest BCUT2D eigenvalue weighted by atomic mass is 16.3. The lowest BCUT2D eigenvalue weighted by Gasteiger charge is -2.04. The van der Waals surface area contributed by atoms with E-state index in [-0.39, 0.29) is 5.75 Å². The van der Waals surface area contributed by atoms with Crippen LogP contribution in [-0.2, 0) is 0 Å². The van der Waals surface area contributed by atoms with Gasteiger partial charge < -0.3 is 10.1 Å². The summed E-state index contributed by atoms with van der Waals surface area (Å²) in [6, 6.07) is 19.7. The molecule has 0 atom stereocenters. The summed E-state index contributed by atoms with van der Waals surface area (Å²) in [6.45, 7) is 0. The van der Waals surface area contributed by atoms with E-state index < -0.39 is 0 Å². The highest BCUT2D eigenvalue weighted by Crippen LogP contribution is 2.27. The third kappa shape index (κ3) is 2.23. The Labute approximate surface area is 127 Å². The molecule has 3 nitrogen and oxygen atoms in total. The van der Waals surface area contributed by atoms with E-state index in [9.17, 15) is 5.11 Å². The van der Waals surface area contributed by atoms with Crippen molar-refractivity contribution < 1.29 is 5.11 Å². The number of H-pyrrole nitrogens is 1. The summed E-state index contributed by atoms with van der Waals surface area (Å²) >= 11 is 0. The summed E-state index contributed by atoms with van der Waals surface area (Å²) in [4.78, 5) is 7.51. The number of pyridine rings is 1. The van der Waals surface area contributed by atoms with Crippen LogP contribution < -0.4 is 0 Å². The van der Waals surface area contributed by atoms with E-state index >= 15 is 0 Å². The zero-order valence-corrected chi connectivity index (χ0v) is 11.8. The largest absolute Gasteiger partial charge is 0.508 e. The number of hydrogen-bond donors (Lipinski definition) is 2. The van der Waals surface area contributed by atoms with E-state index in [0.29, 0.717) is 0 Å². The van der Waals surface area contributed by atoms with Crippen LogP contribution in [0.4, 0.5) is 0 Å². The van der Waals surface area contributed by atoms with Gasteiger partial charge in [-0.2, -0.15) is 0 Å². The number of phenols is 1. The molecular formula is C19H14N2O. The molecule has 4 aromatic rings. The number of aromatic nitrogens is 2. The number of nitrogens with zero attached hydrogens (tertiary/aromatic N) is 1. The van der Waals surface area contributed by atoms with Crippen molar-refractivity contribution in [1.29, 1.82) is 0 Å². The van der Waals surface area contributed by atoms with Crippen LogP contribution in [0.2, 0.25) is 0 Å². The Morgan fingerprint density at radius 3 is 2.09 bits per heavy atom. The van der Waals surface area contributed by atoms with E-state index in [0.717, 1.165) is 33.3 Å². The minimum atomic E-state index is 0.284. The minimum absolute atomic E-state index is 0.284. The average Bonchev–Trinajstić information content (AvgIpc) is 3.00. The molecule has 0 aliphatic rings. The standard InChI is InChI=1S/C19H14N2O/c22-17-7-5-14(6-8-17)13-1-3-15(4-2-13)18-11-16-9-10-20-12-19(16)21-18/h1-12,21-22H. The molecule has 0 spiro atoms. The Kier molecular flexibility index (Phi) is 2.90. The second kappa shape index (κ2) is 5.04. The second-order valence-electron chi connectivity index (χ2n) is 5.27. The van der Waals surface area contributed by atoms with E-state index in [2.05, 4.69) is 40.3 Å². The molecule has 2 aromatic heterocycles. The molecule has 0 bridgehead atoms. The fourth-order valence-electron chi connectivity index (χ4n) is 2.62. The van der Waals surface area contributed by atoms with Crippen LogP contribution in [-0.4, -0.2) is 15.1 Å². The molecule has 0 amide bonds. The third-order valence-electron chi connectivity index (χ3n) is 3.82. The molecule has 2 heterocycles. The van der Waals surface area contributed by atoms with Crippen LogP contribution in [0, 0.1) is 0 Å². The highest BCUT2D eigenvalue weighted by Gasteiger charge is 2.04. The maximum atomic E-state index is 9.36. The van der Waals surface area contributed by atoms with Crippen molar-refractivity contribution >= 4 is 10.9 Å². The summed E-state index contributed by atoms with van der Waals surface area (Å²) in [7, 11) is 0. The highest BCUT2D eigenvalue weighted by molar-refractivity contribution is 5.85. The van der Waals surface area contributed by atoms with Gasteiger partial charge >= 0.3 is 0 Å². The number of rotatable bonds is 2. The minimum Gasteiger partial charge on any atom is -0.508 e. The predicted molar refractivity (Wildman–Crippen MR) is 88.6 cm³/mol. The molecule has 2 N–H and O–H groups in total. The van der Waals surface area contributed by atoms with Gasteiger partial charge in [0.05, 0.1) is 11.7 Å². The fraction of sp³-hybridized carbons (Fsp3) is 0. The molecule has 0 saturated carbocycles. The first kappa shape index (κ1) is 12.7. The van der Waals surface area contributed by atoms with Gasteiger partial charge in [0.2, 0.25) is 0 Å². The molecule has 4 rings (SSSR count). The van der Waals surface area contributed by atoms with Crippen molar-refractivity contribution in [3.8, 4) is 28.1 Å². The van der Waals surface area contributed by atoms with Gasteiger partial charge in [0.25, 0.3) is 0 Å². The number of benzene rings is 2. The van der Waals surface area contributed by atoms with E-state index in [1.165, 1.54) is 0 Å². The van der Waals surface area contributed by atoms with Crippen LogP contribution in [0.1, 0.15) is 0 Å². The van der Waals surface area contributed by atoms with Crippen molar-refractivity contribution in [1.82, 2.24) is 9.97 Å². The van der Waals surface area contributed by atoms with Crippen LogP contribution >= 0.6 is 0 Å². The number of aromatic amines is 1. The number of hydrogen-bond acceptors (Lipinski definition) is 2. The summed E-state index contributed by atoms with van der Waals surface area (Å²) in [6.07, 6.45) is 3.64. The molecule has 0 radical (unpaired) electrons. The first-order valence-electron chi connectivity index (χ1n) is 7.12. The number of fused-ring (bicyclic) bond motifs is 1. The Balaban J connectivity index is 1.70. The average molecular weight is 286 g/mol. The normalized spacial score (nSPS) is 10.9. The number of nitrogens with one attached hydrogen (secondary N) is 1. The van der Waals surface area contributed by atoms with Crippen molar-refractivity contribution in [3.05, 3.63) is 73.1 Å². The van der Waals surface area contributed by atoms with Crippen molar-refractivity contribution in [2.24, 2.45) is 0 Å². The molecule has 0 aliphatic carbocycles. The van der Waals surface area contributed by atoms with Crippen LogP contribution in [0.5, 0.6) is 5.75 Å². The molecular weight excluding hydrogens is 272 g/mol. The van der Waals surface area contributed by atoms with Crippen LogP contribution in [0.25, 0.3) is 33.3 Å². The van der Waals surface area contributed by atoms with Gasteiger partial charge in [-0.15, -0.1) is 0 Å². The monoisotopic (exact) mass is 286 g/mol. The van der Waals surface area contributed by atoms with Crippen LogP contribution in [0.3, 0.4) is 0 Å². The molecule has 0 fully saturated rings. The van der Waals surface area contributed by atoms with Crippen molar-refractivity contribution in [2.45, 2.75) is 0 Å². The lowest BCUT2D eigenvalue weighted by atomic mass is 10.0. The zero-order chi connectivity index (χ0) is 14.9. The van der Waals surface area contributed by atoms with Crippen molar-refractivity contribution in [2.75, 3.05) is 0 Å². The SMILES string of the molecule is Oc1ccc(-c2ccc(-c3cc4ccncc4[nH]3)cc2)cc1. The Hall–Kier alpha value is -3.07. The van der Waals surface area contributed by atoms with Gasteiger partial charge in [0, 0.05) is 17.3 Å². The molecule has 22 heavy (non-hydrogen) atoms. The van der Waals surface area contributed by atoms with Gasteiger partial charge in [-0.3, -0.25) is 4.98 Å². The molecule has 0 saturated heterocycles. The fourth-order valence-corrected chi connectivity index (χ4v) is 2.62. The molecule has 0 aliphatic heterocycles. The second-order valence-corrected chi connectivity index (χ2v) is 5.27. The summed E-state index contributed by atoms with van der Waals surface area (Å²) in [5, 5.41) is 10.5. The molecule has 3 heteroatoms. The summed E-state index contributed by atoms with van der Waals surface area (Å²) in [5.74, 6) is 0.284. The quantitative estimate of drug-likeness (QED) is 0.565. The van der Waals surface area contributed by atoms with Gasteiger partial charge in [-0.25, -0.2) is 0 Å². The topological polar surface area (TPSA) is 48.9 Å². The molecule has 0 unspecified atom stereocenters. The maximum absolute atomic E-state index is 9.36. The lowest BCUT2D eigenvalue weighted by molar-refractivity contribution is 0.475. The number of phenolic OH excluding ortho intramolecular Hbond substituents is 1. The summed E-state index contributed by atoms with van der Waals surface area (Å²) in [5.41, 5.74) is 5.48. The lowest BCUT2D eigenvalue weighted by Crippen LogP contribution is -1.80. The Morgan fingerprint density at radius 2 is 1.41 bits per heavy atom. The van der Waals surface area contributed by atoms with E-state index in [4.69, 9.17) is 0 Å². The first-order chi connectivity index (χ1) is 10.8. The first-order valence-corrected chi connectivity index (χ1v) is 7.12. The van der Waals surface area contributed by atoms with Gasteiger partial charge in [0.1, 0.15) is 5.75 Å². The van der Waals surface area contributed by atoms with Gasteiger partial charge in [0.15, 0.2) is 0 Å². The Bertz CT molecular complexity index is 889. The van der Waals surface area contributed by atoms with Crippen molar-refractivity contribution in [3.63, 3.8) is 0 Å². The third-order valence-corrected chi connectivity index (χ3v) is 3.82. The summed E-state index contributed by atoms with van der Waals surface area (Å²) < 4.78 is 0. The van der Waals surface area contributed by atoms with E-state index in [1.54, 1.807) is 18.3 Å².